The minimum Gasteiger partial charge on any atom is -0.371 e. The van der Waals surface area contributed by atoms with Crippen LogP contribution in [0.15, 0.2) is 64.6 Å². The molecule has 0 amide bonds. The fourth-order valence-corrected chi connectivity index (χ4v) is 4.98. The van der Waals surface area contributed by atoms with E-state index in [-0.39, 0.29) is 18.0 Å². The fourth-order valence-electron chi connectivity index (χ4n) is 4.54. The zero-order valence-electron chi connectivity index (χ0n) is 20.1. The second-order valence-electron chi connectivity index (χ2n) is 8.09. The Labute approximate surface area is 205 Å². The molecule has 0 saturated heterocycles. The number of benzene rings is 2. The number of hydrogen-bond donors (Lipinski definition) is 0. The van der Waals surface area contributed by atoms with Gasteiger partial charge in [-0.25, -0.2) is 0 Å². The number of carbonyl (C=O) groups excluding carboxylic acids is 2. The molecule has 2 aliphatic carbocycles. The Balaban J connectivity index is 1.71. The molecule has 34 heavy (non-hydrogen) atoms. The van der Waals surface area contributed by atoms with Gasteiger partial charge in [0.15, 0.2) is 11.6 Å². The molecule has 0 bridgehead atoms. The number of Topliss-reactive ketones (excluding diaryl/α,β-unsaturated/α-hetero) is 2. The van der Waals surface area contributed by atoms with Crippen LogP contribution in [0, 0.1) is 0 Å². The van der Waals surface area contributed by atoms with Crippen LogP contribution in [0.2, 0.25) is 0 Å². The van der Waals surface area contributed by atoms with Crippen molar-refractivity contribution in [1.29, 1.82) is 0 Å². The van der Waals surface area contributed by atoms with Gasteiger partial charge in [-0.15, -0.1) is 9.32 Å². The van der Waals surface area contributed by atoms with Crippen molar-refractivity contribution < 1.29 is 18.9 Å². The second-order valence-corrected chi connectivity index (χ2v) is 8.86. The molecule has 0 spiro atoms. The van der Waals surface area contributed by atoms with Crippen LogP contribution in [-0.4, -0.2) is 47.7 Å². The van der Waals surface area contributed by atoms with Gasteiger partial charge in [0.05, 0.1) is 23.3 Å². The molecule has 0 saturated carbocycles. The van der Waals surface area contributed by atoms with Crippen LogP contribution in [-0.2, 0) is 14.1 Å². The summed E-state index contributed by atoms with van der Waals surface area (Å²) >= 11 is 1.13. The molecule has 0 fully saturated rings. The van der Waals surface area contributed by atoms with E-state index in [1.54, 1.807) is 5.06 Å². The van der Waals surface area contributed by atoms with Crippen LogP contribution in [0.4, 0.5) is 0 Å². The van der Waals surface area contributed by atoms with Crippen LogP contribution in [0.3, 0.4) is 0 Å². The summed E-state index contributed by atoms with van der Waals surface area (Å²) in [4.78, 5) is 35.2. The minimum atomic E-state index is -0.0724. The highest BCUT2D eigenvalue weighted by molar-refractivity contribution is 7.94. The number of hydroxylamine groups is 2. The summed E-state index contributed by atoms with van der Waals surface area (Å²) in [6.45, 7) is 11.1. The average Bonchev–Trinajstić information content (AvgIpc) is 3.22. The highest BCUT2D eigenvalue weighted by atomic mass is 32.2. The summed E-state index contributed by atoms with van der Waals surface area (Å²) in [6.07, 6.45) is 0.225. The Bertz CT molecular complexity index is 1150. The molecule has 178 valence electrons. The van der Waals surface area contributed by atoms with Crippen LogP contribution < -0.4 is 0 Å². The Hall–Kier alpha value is -2.71. The number of allylic oxidation sites excluding steroid dienone is 3. The SMILES string of the molecule is CCN(CC)OOSc1ccc(C2=C3C(=O)c4ccccc4C(N(CC)CC)=C3C(=O)C2)cc1. The highest BCUT2D eigenvalue weighted by Gasteiger charge is 2.41. The summed E-state index contributed by atoms with van der Waals surface area (Å²) < 4.78 is 5.26. The van der Waals surface area contributed by atoms with Gasteiger partial charge in [0.1, 0.15) is 0 Å². The van der Waals surface area contributed by atoms with Crippen molar-refractivity contribution in [2.45, 2.75) is 39.0 Å². The van der Waals surface area contributed by atoms with E-state index >= 15 is 0 Å². The number of hydrogen-bond acceptors (Lipinski definition) is 7. The third-order valence-corrected chi connectivity index (χ3v) is 6.91. The predicted molar refractivity (Wildman–Crippen MR) is 135 cm³/mol. The van der Waals surface area contributed by atoms with E-state index in [4.69, 9.17) is 9.32 Å². The Kier molecular flexibility index (Phi) is 7.68. The van der Waals surface area contributed by atoms with Crippen molar-refractivity contribution in [1.82, 2.24) is 9.96 Å². The summed E-state index contributed by atoms with van der Waals surface area (Å²) in [5.74, 6) is -0.0686. The first kappa shape index (κ1) is 24.4. The van der Waals surface area contributed by atoms with Crippen LogP contribution in [0.5, 0.6) is 0 Å². The molecule has 0 N–H and O–H groups in total. The predicted octanol–water partition coefficient (Wildman–Crippen LogP) is 5.57. The smallest absolute Gasteiger partial charge is 0.194 e. The Morgan fingerprint density at radius 2 is 1.47 bits per heavy atom. The van der Waals surface area contributed by atoms with E-state index in [2.05, 4.69) is 18.7 Å². The largest absolute Gasteiger partial charge is 0.371 e. The molecular weight excluding hydrogens is 448 g/mol. The fraction of sp³-hybridized carbons (Fsp3) is 0.333. The van der Waals surface area contributed by atoms with Crippen molar-refractivity contribution >= 4 is 34.9 Å². The zero-order chi connectivity index (χ0) is 24.2. The zero-order valence-corrected chi connectivity index (χ0v) is 20.9. The molecule has 4 rings (SSSR count). The molecule has 2 aromatic rings. The molecule has 0 heterocycles. The van der Waals surface area contributed by atoms with E-state index in [1.165, 1.54) is 0 Å². The van der Waals surface area contributed by atoms with Gasteiger partial charge < -0.3 is 4.90 Å². The lowest BCUT2D eigenvalue weighted by Gasteiger charge is -2.31. The van der Waals surface area contributed by atoms with Gasteiger partial charge in [-0.05, 0) is 51.0 Å². The number of nitrogens with zero attached hydrogens (tertiary/aromatic N) is 2. The average molecular weight is 479 g/mol. The van der Waals surface area contributed by atoms with Gasteiger partial charge in [0.25, 0.3) is 0 Å². The Morgan fingerprint density at radius 3 is 2.09 bits per heavy atom. The third kappa shape index (κ3) is 4.49. The quantitative estimate of drug-likeness (QED) is 0.251. The maximum absolute atomic E-state index is 13.6. The topological polar surface area (TPSA) is 59.1 Å². The van der Waals surface area contributed by atoms with Crippen LogP contribution >= 0.6 is 12.0 Å². The lowest BCUT2D eigenvalue weighted by molar-refractivity contribution is -0.357. The molecule has 2 aromatic carbocycles. The maximum atomic E-state index is 13.6. The van der Waals surface area contributed by atoms with Gasteiger partial charge >= 0.3 is 0 Å². The lowest BCUT2D eigenvalue weighted by atomic mass is 9.83. The molecule has 0 aliphatic heterocycles. The number of carbonyl (C=O) groups is 2. The van der Waals surface area contributed by atoms with Crippen LogP contribution in [0.25, 0.3) is 11.3 Å². The lowest BCUT2D eigenvalue weighted by Crippen LogP contribution is -2.29. The molecule has 2 aliphatic rings. The van der Waals surface area contributed by atoms with Gasteiger partial charge in [-0.1, -0.05) is 36.4 Å². The van der Waals surface area contributed by atoms with E-state index in [0.29, 0.717) is 16.7 Å². The summed E-state index contributed by atoms with van der Waals surface area (Å²) in [6, 6.07) is 15.3. The van der Waals surface area contributed by atoms with Crippen LogP contribution in [0.1, 0.15) is 55.6 Å². The first-order valence-corrected chi connectivity index (χ1v) is 12.5. The monoisotopic (exact) mass is 478 g/mol. The minimum absolute atomic E-state index is 0.00385. The highest BCUT2D eigenvalue weighted by Crippen LogP contribution is 2.46. The molecule has 0 unspecified atom stereocenters. The molecule has 0 radical (unpaired) electrons. The molecule has 7 heteroatoms. The van der Waals surface area contributed by atoms with Gasteiger partial charge in [-0.2, -0.15) is 5.06 Å². The van der Waals surface area contributed by atoms with Crippen molar-refractivity contribution in [3.8, 4) is 0 Å². The van der Waals surface area contributed by atoms with E-state index in [9.17, 15) is 9.59 Å². The molecule has 0 aromatic heterocycles. The van der Waals surface area contributed by atoms with Gasteiger partial charge in [0.2, 0.25) is 0 Å². The normalized spacial score (nSPS) is 15.3. The summed E-state index contributed by atoms with van der Waals surface area (Å²) in [5, 5.41) is 1.70. The maximum Gasteiger partial charge on any atom is 0.194 e. The van der Waals surface area contributed by atoms with Crippen molar-refractivity contribution in [2.75, 3.05) is 26.2 Å². The number of fused-ring (bicyclic) bond motifs is 2. The second kappa shape index (κ2) is 10.7. The van der Waals surface area contributed by atoms with Gasteiger partial charge in [-0.3, -0.25) is 9.59 Å². The Morgan fingerprint density at radius 1 is 0.824 bits per heavy atom. The van der Waals surface area contributed by atoms with Gasteiger partial charge in [0, 0.05) is 54.2 Å². The van der Waals surface area contributed by atoms with E-state index in [0.717, 1.165) is 65.5 Å². The van der Waals surface area contributed by atoms with Crippen molar-refractivity contribution in [3.05, 3.63) is 76.4 Å². The standard InChI is InChI=1S/C27H30N2O4S/c1-5-28(6-2)26-20-11-9-10-12-21(20)27(31)24-22(17-23(30)25(24)26)18-13-15-19(16-14-18)34-33-32-29(7-3)8-4/h9-16H,5-8,17H2,1-4H3. The summed E-state index contributed by atoms with van der Waals surface area (Å²) in [5.41, 5.74) is 5.17. The first-order valence-electron chi connectivity index (χ1n) is 11.8. The molecular formula is C27H30N2O4S. The van der Waals surface area contributed by atoms with Crippen molar-refractivity contribution in [3.63, 3.8) is 0 Å². The number of rotatable bonds is 10. The summed E-state index contributed by atoms with van der Waals surface area (Å²) in [7, 11) is 0. The van der Waals surface area contributed by atoms with E-state index in [1.807, 2.05) is 62.4 Å². The van der Waals surface area contributed by atoms with Crippen molar-refractivity contribution in [2.24, 2.45) is 0 Å². The molecule has 0 atom stereocenters. The number of ketones is 2. The van der Waals surface area contributed by atoms with E-state index < -0.39 is 0 Å². The molecule has 6 nitrogen and oxygen atoms in total. The third-order valence-electron chi connectivity index (χ3n) is 6.31. The first-order chi connectivity index (χ1) is 16.5.